The van der Waals surface area contributed by atoms with Crippen LogP contribution >= 0.6 is 11.3 Å². The zero-order valence-electron chi connectivity index (χ0n) is 25.5. The molecular weight excluding hydrogens is 633 g/mol. The third-order valence-electron chi connectivity index (χ3n) is 7.01. The largest absolute Gasteiger partial charge is 0.444 e. The summed E-state index contributed by atoms with van der Waals surface area (Å²) in [5.74, 6) is -2.41. The SMILES string of the molecule is Cc1nc(Oc2cc(F)c(NS(=O)(=O)CC3CC3)c(F)c2C)c(-c2ccnc(N[C@H]3C[C@H](F)CN(C(=O)OC(C)(C)C)C3)n2)s1. The topological polar surface area (TPSA) is 136 Å². The van der Waals surface area contributed by atoms with Gasteiger partial charge in [-0.1, -0.05) is 0 Å². The summed E-state index contributed by atoms with van der Waals surface area (Å²) in [5, 5.41) is 3.67. The number of piperidine rings is 1. The highest BCUT2D eigenvalue weighted by Crippen LogP contribution is 2.40. The van der Waals surface area contributed by atoms with Crippen LogP contribution in [0.2, 0.25) is 0 Å². The lowest BCUT2D eigenvalue weighted by atomic mass is 10.0. The van der Waals surface area contributed by atoms with E-state index in [1.54, 1.807) is 33.8 Å². The highest BCUT2D eigenvalue weighted by molar-refractivity contribution is 7.92. The number of hydrogen-bond acceptors (Lipinski definition) is 10. The second-order valence-corrected chi connectivity index (χ2v) is 15.3. The van der Waals surface area contributed by atoms with E-state index in [4.69, 9.17) is 9.47 Å². The molecule has 5 rings (SSSR count). The molecule has 1 saturated carbocycles. The van der Waals surface area contributed by atoms with Gasteiger partial charge in [0.1, 0.15) is 28.1 Å². The number of halogens is 3. The monoisotopic (exact) mass is 668 g/mol. The highest BCUT2D eigenvalue weighted by Gasteiger charge is 2.33. The summed E-state index contributed by atoms with van der Waals surface area (Å²) in [5.41, 5.74) is -1.22. The molecule has 0 spiro atoms. The number of likely N-dealkylation sites (tertiary alicyclic amines) is 1. The normalized spacial score (nSPS) is 18.9. The van der Waals surface area contributed by atoms with Crippen LogP contribution in [-0.2, 0) is 14.8 Å². The van der Waals surface area contributed by atoms with Crippen molar-refractivity contribution < 1.29 is 35.9 Å². The van der Waals surface area contributed by atoms with Gasteiger partial charge in [0.25, 0.3) is 0 Å². The fraction of sp³-hybridized carbons (Fsp3) is 0.517. The van der Waals surface area contributed by atoms with E-state index >= 15 is 8.78 Å². The smallest absolute Gasteiger partial charge is 0.410 e. The minimum Gasteiger partial charge on any atom is -0.444 e. The second kappa shape index (κ2) is 12.6. The minimum atomic E-state index is -3.93. The van der Waals surface area contributed by atoms with Crippen molar-refractivity contribution in [2.75, 3.05) is 28.9 Å². The van der Waals surface area contributed by atoms with E-state index < -0.39 is 51.3 Å². The van der Waals surface area contributed by atoms with Crippen molar-refractivity contribution in [3.63, 3.8) is 0 Å². The van der Waals surface area contributed by atoms with Crippen molar-refractivity contribution >= 4 is 39.1 Å². The Morgan fingerprint density at radius 1 is 1.18 bits per heavy atom. The maximum absolute atomic E-state index is 15.2. The van der Waals surface area contributed by atoms with Gasteiger partial charge in [-0.05, 0) is 59.4 Å². The average molecular weight is 669 g/mol. The van der Waals surface area contributed by atoms with E-state index in [0.717, 1.165) is 18.9 Å². The molecule has 45 heavy (non-hydrogen) atoms. The van der Waals surface area contributed by atoms with Crippen LogP contribution in [0.1, 0.15) is 50.6 Å². The summed E-state index contributed by atoms with van der Waals surface area (Å²) in [7, 11) is -3.93. The molecule has 2 atom stereocenters. The lowest BCUT2D eigenvalue weighted by Crippen LogP contribution is -2.51. The molecule has 16 heteroatoms. The first kappa shape index (κ1) is 32.7. The lowest BCUT2D eigenvalue weighted by Gasteiger charge is -2.36. The number of nitrogens with one attached hydrogen (secondary N) is 2. The summed E-state index contributed by atoms with van der Waals surface area (Å²) in [6.07, 6.45) is 1.26. The summed E-state index contributed by atoms with van der Waals surface area (Å²) in [6.45, 7) is 8.38. The predicted molar refractivity (Wildman–Crippen MR) is 164 cm³/mol. The third-order valence-corrected chi connectivity index (χ3v) is 9.41. The molecule has 1 amide bonds. The number of aryl methyl sites for hydroxylation is 1. The first-order valence-electron chi connectivity index (χ1n) is 14.4. The number of amides is 1. The Kier molecular flexibility index (Phi) is 9.18. The number of benzene rings is 1. The van der Waals surface area contributed by atoms with Gasteiger partial charge in [0.15, 0.2) is 11.6 Å². The van der Waals surface area contributed by atoms with Crippen LogP contribution in [0, 0.1) is 31.4 Å². The van der Waals surface area contributed by atoms with Gasteiger partial charge in [0, 0.05) is 36.8 Å². The first-order chi connectivity index (χ1) is 21.1. The number of hydrogen-bond donors (Lipinski definition) is 2. The van der Waals surface area contributed by atoms with E-state index in [2.05, 4.69) is 20.3 Å². The maximum atomic E-state index is 15.2. The van der Waals surface area contributed by atoms with Gasteiger partial charge in [-0.25, -0.2) is 41.3 Å². The van der Waals surface area contributed by atoms with E-state index in [9.17, 15) is 17.6 Å². The Balaban J connectivity index is 1.34. The molecule has 244 valence electrons. The van der Waals surface area contributed by atoms with Crippen LogP contribution in [0.3, 0.4) is 0 Å². The molecule has 2 aromatic heterocycles. The van der Waals surface area contributed by atoms with Crippen molar-refractivity contribution in [1.29, 1.82) is 0 Å². The molecule has 2 fully saturated rings. The van der Waals surface area contributed by atoms with Crippen LogP contribution in [-0.4, -0.2) is 71.0 Å². The zero-order valence-corrected chi connectivity index (χ0v) is 27.1. The molecule has 1 aromatic carbocycles. The molecule has 2 N–H and O–H groups in total. The molecule has 2 aliphatic rings. The van der Waals surface area contributed by atoms with Gasteiger partial charge in [-0.2, -0.15) is 0 Å². The van der Waals surface area contributed by atoms with E-state index in [-0.39, 0.29) is 54.3 Å². The number of anilines is 2. The van der Waals surface area contributed by atoms with Crippen LogP contribution in [0.25, 0.3) is 10.6 Å². The van der Waals surface area contributed by atoms with Crippen molar-refractivity contribution in [2.24, 2.45) is 5.92 Å². The lowest BCUT2D eigenvalue weighted by molar-refractivity contribution is 0.0124. The molecule has 0 radical (unpaired) electrons. The third kappa shape index (κ3) is 8.34. The molecule has 1 aliphatic carbocycles. The summed E-state index contributed by atoms with van der Waals surface area (Å²) in [6, 6.07) is 2.01. The van der Waals surface area contributed by atoms with E-state index in [1.165, 1.54) is 29.4 Å². The highest BCUT2D eigenvalue weighted by atomic mass is 32.2. The first-order valence-corrected chi connectivity index (χ1v) is 16.9. The van der Waals surface area contributed by atoms with Crippen LogP contribution in [0.15, 0.2) is 18.3 Å². The molecule has 3 heterocycles. The summed E-state index contributed by atoms with van der Waals surface area (Å²) >= 11 is 1.23. The Morgan fingerprint density at radius 3 is 2.60 bits per heavy atom. The summed E-state index contributed by atoms with van der Waals surface area (Å²) < 4.78 is 82.9. The number of rotatable bonds is 9. The van der Waals surface area contributed by atoms with Crippen LogP contribution in [0.5, 0.6) is 11.6 Å². The quantitative estimate of drug-likeness (QED) is 0.273. The van der Waals surface area contributed by atoms with E-state index in [1.807, 2.05) is 4.72 Å². The van der Waals surface area contributed by atoms with Crippen molar-refractivity contribution in [3.8, 4) is 22.2 Å². The van der Waals surface area contributed by atoms with E-state index in [0.29, 0.717) is 15.6 Å². The molecule has 1 saturated heterocycles. The minimum absolute atomic E-state index is 0.00336. The Hall–Kier alpha value is -3.66. The fourth-order valence-corrected chi connectivity index (χ4v) is 7.14. The summed E-state index contributed by atoms with van der Waals surface area (Å²) in [4.78, 5) is 27.4. The Bertz CT molecular complexity index is 1690. The van der Waals surface area contributed by atoms with Gasteiger partial charge in [0.2, 0.25) is 21.9 Å². The molecule has 0 unspecified atom stereocenters. The maximum Gasteiger partial charge on any atom is 0.410 e. The molecule has 1 aliphatic heterocycles. The number of aromatic nitrogens is 3. The number of carbonyl (C=O) groups is 1. The number of ether oxygens (including phenoxy) is 2. The fourth-order valence-electron chi connectivity index (χ4n) is 4.79. The van der Waals surface area contributed by atoms with Gasteiger partial charge in [0.05, 0.1) is 23.0 Å². The van der Waals surface area contributed by atoms with Crippen LogP contribution < -0.4 is 14.8 Å². The average Bonchev–Trinajstić information content (AvgIpc) is 3.66. The number of alkyl halides is 1. The zero-order chi connectivity index (χ0) is 32.7. The van der Waals surface area contributed by atoms with Crippen molar-refractivity contribution in [1.82, 2.24) is 19.9 Å². The Morgan fingerprint density at radius 2 is 1.91 bits per heavy atom. The van der Waals surface area contributed by atoms with Crippen molar-refractivity contribution in [2.45, 2.75) is 71.7 Å². The van der Waals surface area contributed by atoms with Gasteiger partial charge >= 0.3 is 6.09 Å². The van der Waals surface area contributed by atoms with Crippen LogP contribution in [0.4, 0.5) is 29.6 Å². The second-order valence-electron chi connectivity index (χ2n) is 12.3. The molecule has 0 bridgehead atoms. The number of sulfonamides is 1. The number of carbonyl (C=O) groups excluding carboxylic acids is 1. The number of thiazole rings is 1. The van der Waals surface area contributed by atoms with Crippen molar-refractivity contribution in [3.05, 3.63) is 40.5 Å². The van der Waals surface area contributed by atoms with Gasteiger partial charge in [-0.15, -0.1) is 11.3 Å². The predicted octanol–water partition coefficient (Wildman–Crippen LogP) is 6.20. The standard InChI is InChI=1S/C29H35F3N6O5S2/c1-15-22(11-20(31)24(23(15)32)37-45(40,41)14-17-6-7-17)42-26-25(44-16(2)34-26)21-8-9-33-27(36-21)35-19-10-18(30)12-38(13-19)28(39)43-29(3,4)5/h8-9,11,17-19,37H,6-7,10,12-14H2,1-5H3,(H,33,35,36)/t18-,19-/m0/s1. The van der Waals surface area contributed by atoms with Gasteiger partial charge < -0.3 is 19.7 Å². The molecular formula is C29H35F3N6O5S2. The van der Waals surface area contributed by atoms with Gasteiger partial charge in [-0.3, -0.25) is 4.72 Å². The number of nitrogens with zero attached hydrogens (tertiary/aromatic N) is 4. The Labute approximate surface area is 263 Å². The molecule has 3 aromatic rings. The molecule has 11 nitrogen and oxygen atoms in total.